The van der Waals surface area contributed by atoms with Crippen LogP contribution in [0.2, 0.25) is 0 Å². The van der Waals surface area contributed by atoms with Gasteiger partial charge in [0, 0.05) is 27.1 Å². The molecule has 2 N–H and O–H groups in total. The molecule has 0 fully saturated rings. The van der Waals surface area contributed by atoms with Gasteiger partial charge in [-0.3, -0.25) is 4.79 Å². The maximum absolute atomic E-state index is 10.9. The highest BCUT2D eigenvalue weighted by atomic mass is 16.4. The van der Waals surface area contributed by atoms with Crippen LogP contribution in [0, 0.1) is 0 Å². The van der Waals surface area contributed by atoms with Gasteiger partial charge >= 0.3 is 12.0 Å². The van der Waals surface area contributed by atoms with Crippen molar-refractivity contribution in [2.45, 2.75) is 19.3 Å². The Labute approximate surface area is 77.7 Å². The second-order valence-electron chi connectivity index (χ2n) is 2.98. The lowest BCUT2D eigenvalue weighted by Crippen LogP contribution is -2.34. The van der Waals surface area contributed by atoms with Crippen molar-refractivity contribution in [3.05, 3.63) is 0 Å². The number of carboxylic acids is 1. The molecular weight excluding hydrogens is 172 g/mol. The fourth-order valence-electron chi connectivity index (χ4n) is 0.755. The molecule has 0 aromatic heterocycles. The molecule has 0 bridgehead atoms. The SMILES string of the molecule is CN(C)C(=O)NCCCCC(=O)O. The first-order valence-corrected chi connectivity index (χ1v) is 4.21. The van der Waals surface area contributed by atoms with E-state index in [4.69, 9.17) is 5.11 Å². The Kier molecular flexibility index (Phi) is 5.67. The zero-order chi connectivity index (χ0) is 10.3. The van der Waals surface area contributed by atoms with Crippen molar-refractivity contribution < 1.29 is 14.7 Å². The number of unbranched alkanes of at least 4 members (excludes halogenated alkanes) is 1. The molecule has 0 radical (unpaired) electrons. The van der Waals surface area contributed by atoms with E-state index in [9.17, 15) is 9.59 Å². The number of aliphatic carboxylic acids is 1. The number of rotatable bonds is 5. The van der Waals surface area contributed by atoms with Crippen molar-refractivity contribution >= 4 is 12.0 Å². The second kappa shape index (κ2) is 6.28. The zero-order valence-corrected chi connectivity index (χ0v) is 8.04. The predicted octanol–water partition coefficient (Wildman–Crippen LogP) is 0.512. The van der Waals surface area contributed by atoms with Gasteiger partial charge in [-0.2, -0.15) is 0 Å². The number of nitrogens with one attached hydrogen (secondary N) is 1. The molecule has 5 heteroatoms. The summed E-state index contributed by atoms with van der Waals surface area (Å²) >= 11 is 0. The minimum Gasteiger partial charge on any atom is -0.481 e. The molecule has 0 spiro atoms. The van der Waals surface area contributed by atoms with Crippen molar-refractivity contribution in [1.82, 2.24) is 10.2 Å². The third-order valence-corrected chi connectivity index (χ3v) is 1.50. The average molecular weight is 188 g/mol. The van der Waals surface area contributed by atoms with E-state index in [2.05, 4.69) is 5.32 Å². The fraction of sp³-hybridized carbons (Fsp3) is 0.750. The number of carboxylic acid groups (broad SMARTS) is 1. The van der Waals surface area contributed by atoms with Crippen molar-refractivity contribution in [3.63, 3.8) is 0 Å². The summed E-state index contributed by atoms with van der Waals surface area (Å²) in [5, 5.41) is 11.0. The molecule has 76 valence electrons. The van der Waals surface area contributed by atoms with Crippen molar-refractivity contribution in [2.75, 3.05) is 20.6 Å². The van der Waals surface area contributed by atoms with Gasteiger partial charge in [0.2, 0.25) is 0 Å². The van der Waals surface area contributed by atoms with Crippen molar-refractivity contribution in [1.29, 1.82) is 0 Å². The highest BCUT2D eigenvalue weighted by Gasteiger charge is 2.01. The van der Waals surface area contributed by atoms with Crippen LogP contribution >= 0.6 is 0 Å². The molecule has 0 aliphatic carbocycles. The van der Waals surface area contributed by atoms with Crippen LogP contribution in [0.15, 0.2) is 0 Å². The third-order valence-electron chi connectivity index (χ3n) is 1.50. The van der Waals surface area contributed by atoms with E-state index in [1.54, 1.807) is 14.1 Å². The smallest absolute Gasteiger partial charge is 0.316 e. The molecular formula is C8H16N2O3. The maximum Gasteiger partial charge on any atom is 0.316 e. The minimum absolute atomic E-state index is 0.143. The summed E-state index contributed by atoms with van der Waals surface area (Å²) in [4.78, 5) is 22.5. The average Bonchev–Trinajstić information content (AvgIpc) is 2.02. The molecule has 0 heterocycles. The summed E-state index contributed by atoms with van der Waals surface area (Å²) in [6.45, 7) is 0.532. The van der Waals surface area contributed by atoms with E-state index < -0.39 is 5.97 Å². The van der Waals surface area contributed by atoms with Crippen LogP contribution in [0.25, 0.3) is 0 Å². The Morgan fingerprint density at radius 1 is 1.31 bits per heavy atom. The second-order valence-corrected chi connectivity index (χ2v) is 2.98. The number of carbonyl (C=O) groups is 2. The van der Waals surface area contributed by atoms with Crippen LogP contribution in [0.3, 0.4) is 0 Å². The molecule has 0 aromatic carbocycles. The van der Waals surface area contributed by atoms with Crippen LogP contribution in [0.5, 0.6) is 0 Å². The number of nitrogens with zero attached hydrogens (tertiary/aromatic N) is 1. The van der Waals surface area contributed by atoms with Gasteiger partial charge in [0.15, 0.2) is 0 Å². The largest absolute Gasteiger partial charge is 0.481 e. The van der Waals surface area contributed by atoms with E-state index in [1.807, 2.05) is 0 Å². The standard InChI is InChI=1S/C8H16N2O3/c1-10(2)8(13)9-6-4-3-5-7(11)12/h3-6H2,1-2H3,(H,9,13)(H,11,12). The number of hydrogen-bond donors (Lipinski definition) is 2. The first kappa shape index (κ1) is 11.7. The molecule has 0 rings (SSSR count). The highest BCUT2D eigenvalue weighted by molar-refractivity contribution is 5.73. The quantitative estimate of drug-likeness (QED) is 0.618. The third kappa shape index (κ3) is 7.11. The fourth-order valence-corrected chi connectivity index (χ4v) is 0.755. The highest BCUT2D eigenvalue weighted by Crippen LogP contribution is 1.93. The van der Waals surface area contributed by atoms with Crippen LogP contribution in [-0.2, 0) is 4.79 Å². The van der Waals surface area contributed by atoms with Crippen LogP contribution in [0.4, 0.5) is 4.79 Å². The predicted molar refractivity (Wildman–Crippen MR) is 48.6 cm³/mol. The van der Waals surface area contributed by atoms with Gasteiger partial charge in [0.1, 0.15) is 0 Å². The van der Waals surface area contributed by atoms with Gasteiger partial charge in [-0.25, -0.2) is 4.79 Å². The first-order valence-electron chi connectivity index (χ1n) is 4.21. The normalized spacial score (nSPS) is 9.38. The summed E-state index contributed by atoms with van der Waals surface area (Å²) in [6, 6.07) is -0.143. The molecule has 0 unspecified atom stereocenters. The molecule has 13 heavy (non-hydrogen) atoms. The van der Waals surface area contributed by atoms with E-state index in [0.717, 1.165) is 0 Å². The molecule has 0 aliphatic heterocycles. The minimum atomic E-state index is -0.793. The molecule has 5 nitrogen and oxygen atoms in total. The van der Waals surface area contributed by atoms with Gasteiger partial charge in [0.05, 0.1) is 0 Å². The van der Waals surface area contributed by atoms with E-state index in [-0.39, 0.29) is 12.5 Å². The summed E-state index contributed by atoms with van der Waals surface area (Å²) in [5.74, 6) is -0.793. The Morgan fingerprint density at radius 3 is 2.38 bits per heavy atom. The van der Waals surface area contributed by atoms with Crippen LogP contribution < -0.4 is 5.32 Å². The summed E-state index contributed by atoms with van der Waals surface area (Å²) in [6.07, 6.45) is 1.47. The lowest BCUT2D eigenvalue weighted by Gasteiger charge is -2.11. The number of amides is 2. The maximum atomic E-state index is 10.9. The molecule has 0 saturated carbocycles. The molecule has 2 amide bonds. The zero-order valence-electron chi connectivity index (χ0n) is 8.04. The summed E-state index contributed by atoms with van der Waals surface area (Å²) < 4.78 is 0. The van der Waals surface area contributed by atoms with Gasteiger partial charge in [-0.15, -0.1) is 0 Å². The topological polar surface area (TPSA) is 69.6 Å². The van der Waals surface area contributed by atoms with E-state index in [1.165, 1.54) is 4.90 Å². The van der Waals surface area contributed by atoms with Crippen LogP contribution in [-0.4, -0.2) is 42.6 Å². The molecule has 0 aromatic rings. The summed E-state index contributed by atoms with van der Waals surface area (Å²) in [5.41, 5.74) is 0. The van der Waals surface area contributed by atoms with Gasteiger partial charge in [-0.05, 0) is 12.8 Å². The Bertz CT molecular complexity index is 180. The van der Waals surface area contributed by atoms with Crippen molar-refractivity contribution in [3.8, 4) is 0 Å². The molecule has 0 saturated heterocycles. The monoisotopic (exact) mass is 188 g/mol. The first-order chi connectivity index (χ1) is 6.04. The molecule has 0 atom stereocenters. The summed E-state index contributed by atoms with van der Waals surface area (Å²) in [7, 11) is 3.32. The Morgan fingerprint density at radius 2 is 1.92 bits per heavy atom. The molecule has 0 aliphatic rings. The Balaban J connectivity index is 3.26. The van der Waals surface area contributed by atoms with Gasteiger partial charge in [0.25, 0.3) is 0 Å². The lowest BCUT2D eigenvalue weighted by atomic mass is 10.2. The van der Waals surface area contributed by atoms with Gasteiger partial charge < -0.3 is 15.3 Å². The Hall–Kier alpha value is -1.26. The van der Waals surface area contributed by atoms with Crippen molar-refractivity contribution in [2.24, 2.45) is 0 Å². The number of carbonyl (C=O) groups excluding carboxylic acids is 1. The van der Waals surface area contributed by atoms with E-state index in [0.29, 0.717) is 19.4 Å². The number of urea groups is 1. The van der Waals surface area contributed by atoms with Crippen LogP contribution in [0.1, 0.15) is 19.3 Å². The van der Waals surface area contributed by atoms with E-state index >= 15 is 0 Å². The lowest BCUT2D eigenvalue weighted by molar-refractivity contribution is -0.137. The van der Waals surface area contributed by atoms with Gasteiger partial charge in [-0.1, -0.05) is 0 Å². The number of hydrogen-bond acceptors (Lipinski definition) is 2.